The molecule has 0 atom stereocenters. The number of carbonyl (C=O) groups is 2. The third-order valence-electron chi connectivity index (χ3n) is 6.16. The molecular formula is C27H29NO4. The van der Waals surface area contributed by atoms with Gasteiger partial charge in [-0.1, -0.05) is 74.5 Å². The number of rotatable bonds is 7. The van der Waals surface area contributed by atoms with E-state index in [4.69, 9.17) is 4.52 Å². The van der Waals surface area contributed by atoms with Gasteiger partial charge in [0.25, 0.3) is 0 Å². The number of benzene rings is 2. The molecule has 5 heteroatoms. The lowest BCUT2D eigenvalue weighted by Gasteiger charge is -2.16. The minimum absolute atomic E-state index is 0.0525. The zero-order chi connectivity index (χ0) is 23.1. The van der Waals surface area contributed by atoms with E-state index in [1.807, 2.05) is 55.5 Å². The number of ketones is 1. The van der Waals surface area contributed by atoms with Gasteiger partial charge >= 0.3 is 5.97 Å². The SMILES string of the molecule is Cc1noc(-c2ccc(-c3ccc(C4(C(=O)O)CC4)cc3)cc2)c1CC(=O)CC(C)(C)C. The minimum Gasteiger partial charge on any atom is -0.481 e. The van der Waals surface area contributed by atoms with Gasteiger partial charge in [-0.25, -0.2) is 0 Å². The van der Waals surface area contributed by atoms with Crippen molar-refractivity contribution in [1.29, 1.82) is 0 Å². The maximum atomic E-state index is 12.5. The first-order valence-electron chi connectivity index (χ1n) is 11.0. The molecule has 32 heavy (non-hydrogen) atoms. The van der Waals surface area contributed by atoms with Crippen molar-refractivity contribution in [3.8, 4) is 22.5 Å². The van der Waals surface area contributed by atoms with Crippen molar-refractivity contribution in [3.63, 3.8) is 0 Å². The standard InChI is InChI=1S/C27H29NO4/c1-17-23(15-22(29)16-26(2,3)4)24(32-28-17)20-7-5-18(6-8-20)19-9-11-21(12-10-19)27(13-14-27)25(30)31/h5-12H,13-16H2,1-4H3,(H,30,31). The van der Waals surface area contributed by atoms with Crippen molar-refractivity contribution >= 4 is 11.8 Å². The van der Waals surface area contributed by atoms with E-state index in [1.54, 1.807) is 0 Å². The first-order valence-corrected chi connectivity index (χ1v) is 11.0. The summed E-state index contributed by atoms with van der Waals surface area (Å²) in [5, 5.41) is 13.6. The predicted octanol–water partition coefficient (Wildman–Crippen LogP) is 5.98. The van der Waals surface area contributed by atoms with Crippen LogP contribution in [0.2, 0.25) is 0 Å². The van der Waals surface area contributed by atoms with Crippen LogP contribution in [0.4, 0.5) is 0 Å². The van der Waals surface area contributed by atoms with Gasteiger partial charge in [0.05, 0.1) is 11.1 Å². The lowest BCUT2D eigenvalue weighted by atomic mass is 9.87. The summed E-state index contributed by atoms with van der Waals surface area (Å²) >= 11 is 0. The summed E-state index contributed by atoms with van der Waals surface area (Å²) in [5.41, 5.74) is 4.66. The average Bonchev–Trinajstić information content (AvgIpc) is 3.47. The van der Waals surface area contributed by atoms with Crippen LogP contribution in [0, 0.1) is 12.3 Å². The van der Waals surface area contributed by atoms with Crippen LogP contribution >= 0.6 is 0 Å². The van der Waals surface area contributed by atoms with Crippen LogP contribution < -0.4 is 0 Å². The number of aryl methyl sites for hydroxylation is 1. The largest absolute Gasteiger partial charge is 0.481 e. The van der Waals surface area contributed by atoms with Gasteiger partial charge in [-0.2, -0.15) is 0 Å². The fraction of sp³-hybridized carbons (Fsp3) is 0.370. The van der Waals surface area contributed by atoms with Crippen LogP contribution in [0.3, 0.4) is 0 Å². The molecule has 0 unspecified atom stereocenters. The highest BCUT2D eigenvalue weighted by Crippen LogP contribution is 2.48. The zero-order valence-electron chi connectivity index (χ0n) is 19.1. The van der Waals surface area contributed by atoms with E-state index in [0.717, 1.165) is 33.5 Å². The number of Topliss-reactive ketones (excluding diaryl/α,β-unsaturated/α-hetero) is 1. The van der Waals surface area contributed by atoms with Crippen LogP contribution in [0.1, 0.15) is 56.9 Å². The van der Waals surface area contributed by atoms with Gasteiger partial charge in [0.1, 0.15) is 5.78 Å². The molecule has 1 aliphatic carbocycles. The maximum Gasteiger partial charge on any atom is 0.314 e. The van der Waals surface area contributed by atoms with Gasteiger partial charge in [-0.3, -0.25) is 9.59 Å². The Labute approximate surface area is 188 Å². The van der Waals surface area contributed by atoms with Crippen molar-refractivity contribution in [2.24, 2.45) is 5.41 Å². The molecule has 0 saturated heterocycles. The fourth-order valence-corrected chi connectivity index (χ4v) is 4.22. The molecular weight excluding hydrogens is 402 g/mol. The molecule has 1 aromatic heterocycles. The first kappa shape index (κ1) is 22.0. The van der Waals surface area contributed by atoms with Crippen LogP contribution in [0.25, 0.3) is 22.5 Å². The lowest BCUT2D eigenvalue weighted by molar-refractivity contribution is -0.140. The quantitative estimate of drug-likeness (QED) is 0.498. The van der Waals surface area contributed by atoms with Crippen molar-refractivity contribution in [2.45, 2.75) is 58.8 Å². The van der Waals surface area contributed by atoms with E-state index >= 15 is 0 Å². The number of carbonyl (C=O) groups excluding carboxylic acids is 1. The molecule has 3 aromatic rings. The van der Waals surface area contributed by atoms with Crippen LogP contribution in [0.15, 0.2) is 53.1 Å². The Morgan fingerprint density at radius 2 is 1.50 bits per heavy atom. The molecule has 4 rings (SSSR count). The van der Waals surface area contributed by atoms with Gasteiger partial charge < -0.3 is 9.63 Å². The molecule has 0 bridgehead atoms. The Balaban J connectivity index is 1.54. The third kappa shape index (κ3) is 4.38. The number of hydrogen-bond acceptors (Lipinski definition) is 4. The minimum atomic E-state index is -0.742. The van der Waals surface area contributed by atoms with Crippen LogP contribution in [-0.2, 0) is 21.4 Å². The van der Waals surface area contributed by atoms with Gasteiger partial charge in [-0.15, -0.1) is 0 Å². The fourth-order valence-electron chi connectivity index (χ4n) is 4.22. The van der Waals surface area contributed by atoms with Crippen molar-refractivity contribution in [3.05, 3.63) is 65.4 Å². The molecule has 0 radical (unpaired) electrons. The Morgan fingerprint density at radius 3 is 2.00 bits per heavy atom. The first-order chi connectivity index (χ1) is 15.1. The highest BCUT2D eigenvalue weighted by molar-refractivity contribution is 5.85. The molecule has 0 spiro atoms. The summed E-state index contributed by atoms with van der Waals surface area (Å²) in [5.74, 6) is 0.0779. The third-order valence-corrected chi connectivity index (χ3v) is 6.16. The molecule has 2 aromatic carbocycles. The van der Waals surface area contributed by atoms with Crippen LogP contribution in [0.5, 0.6) is 0 Å². The Kier molecular flexibility index (Phi) is 5.53. The Morgan fingerprint density at radius 1 is 0.969 bits per heavy atom. The van der Waals surface area contributed by atoms with E-state index < -0.39 is 11.4 Å². The van der Waals surface area contributed by atoms with E-state index in [0.29, 0.717) is 31.4 Å². The molecule has 166 valence electrons. The number of aromatic nitrogens is 1. The highest BCUT2D eigenvalue weighted by Gasteiger charge is 2.51. The van der Waals surface area contributed by atoms with Crippen molar-refractivity contribution in [1.82, 2.24) is 5.16 Å². The second-order valence-electron chi connectivity index (χ2n) is 10.1. The molecule has 1 heterocycles. The monoisotopic (exact) mass is 431 g/mol. The Bertz CT molecular complexity index is 1140. The summed E-state index contributed by atoms with van der Waals surface area (Å²) in [6, 6.07) is 15.7. The molecule has 1 saturated carbocycles. The van der Waals surface area contributed by atoms with E-state index in [1.165, 1.54) is 0 Å². The average molecular weight is 432 g/mol. The maximum absolute atomic E-state index is 12.5. The smallest absolute Gasteiger partial charge is 0.314 e. The molecule has 1 aliphatic rings. The second-order valence-corrected chi connectivity index (χ2v) is 10.1. The number of carboxylic acids is 1. The van der Waals surface area contributed by atoms with Gasteiger partial charge in [0.15, 0.2) is 5.76 Å². The number of nitrogens with zero attached hydrogens (tertiary/aromatic N) is 1. The summed E-state index contributed by atoms with van der Waals surface area (Å²) in [4.78, 5) is 24.1. The van der Waals surface area contributed by atoms with Crippen molar-refractivity contribution in [2.75, 3.05) is 0 Å². The number of carboxylic acid groups (broad SMARTS) is 1. The van der Waals surface area contributed by atoms with Crippen molar-refractivity contribution < 1.29 is 19.2 Å². The lowest BCUT2D eigenvalue weighted by Crippen LogP contribution is -2.19. The summed E-state index contributed by atoms with van der Waals surface area (Å²) in [6.45, 7) is 8.05. The summed E-state index contributed by atoms with van der Waals surface area (Å²) in [6.07, 6.45) is 2.23. The Hall–Kier alpha value is -3.21. The van der Waals surface area contributed by atoms with Gasteiger partial charge in [0, 0.05) is 24.0 Å². The van der Waals surface area contributed by atoms with E-state index in [-0.39, 0.29) is 11.2 Å². The topological polar surface area (TPSA) is 80.4 Å². The van der Waals surface area contributed by atoms with E-state index in [9.17, 15) is 14.7 Å². The molecule has 0 amide bonds. The normalized spacial score (nSPS) is 14.9. The van der Waals surface area contributed by atoms with Crippen LogP contribution in [-0.4, -0.2) is 22.0 Å². The van der Waals surface area contributed by atoms with E-state index in [2.05, 4.69) is 25.9 Å². The summed E-state index contributed by atoms with van der Waals surface area (Å²) in [7, 11) is 0. The molecule has 5 nitrogen and oxygen atoms in total. The molecule has 0 aliphatic heterocycles. The number of aliphatic carboxylic acids is 1. The second kappa shape index (κ2) is 8.05. The molecule has 1 fully saturated rings. The highest BCUT2D eigenvalue weighted by atomic mass is 16.5. The van der Waals surface area contributed by atoms with Gasteiger partial charge in [0.2, 0.25) is 0 Å². The summed E-state index contributed by atoms with van der Waals surface area (Å²) < 4.78 is 5.58. The number of hydrogen-bond donors (Lipinski definition) is 1. The molecule has 1 N–H and O–H groups in total. The zero-order valence-corrected chi connectivity index (χ0v) is 19.1. The van der Waals surface area contributed by atoms with Gasteiger partial charge in [-0.05, 0) is 41.9 Å². The predicted molar refractivity (Wildman–Crippen MR) is 123 cm³/mol.